The number of hydrogen-bond acceptors (Lipinski definition) is 3. The molecule has 0 amide bonds. The fourth-order valence-electron chi connectivity index (χ4n) is 1.95. The maximum atomic E-state index is 6.05. The van der Waals surface area contributed by atoms with Gasteiger partial charge in [-0.3, -0.25) is 0 Å². The van der Waals surface area contributed by atoms with Crippen LogP contribution in [0, 0.1) is 12.8 Å². The van der Waals surface area contributed by atoms with Crippen molar-refractivity contribution in [2.75, 3.05) is 17.2 Å². The van der Waals surface area contributed by atoms with Crippen molar-refractivity contribution in [2.24, 2.45) is 5.92 Å². The van der Waals surface area contributed by atoms with Crippen molar-refractivity contribution in [3.63, 3.8) is 0 Å². The van der Waals surface area contributed by atoms with E-state index in [-0.39, 0.29) is 0 Å². The predicted molar refractivity (Wildman–Crippen MR) is 68.6 cm³/mol. The van der Waals surface area contributed by atoms with Crippen molar-refractivity contribution >= 4 is 11.5 Å². The summed E-state index contributed by atoms with van der Waals surface area (Å²) in [5.74, 6) is 1.80. The third-order valence-corrected chi connectivity index (χ3v) is 3.08. The molecular formula is C13H21N3. The standard InChI is InChI=1S/C13H21N3/c1-9(2)16(8-11-4-5-11)13-12(14)6-10(3)7-15-13/h6-7,9,11H,4-5,8,14H2,1-3H3. The first-order valence-electron chi connectivity index (χ1n) is 6.06. The molecule has 2 N–H and O–H groups in total. The van der Waals surface area contributed by atoms with Gasteiger partial charge in [0.15, 0.2) is 5.82 Å². The summed E-state index contributed by atoms with van der Waals surface area (Å²) in [5.41, 5.74) is 7.97. The van der Waals surface area contributed by atoms with E-state index < -0.39 is 0 Å². The van der Waals surface area contributed by atoms with Gasteiger partial charge in [0.1, 0.15) is 0 Å². The van der Waals surface area contributed by atoms with Gasteiger partial charge in [-0.05, 0) is 51.2 Å². The van der Waals surface area contributed by atoms with Crippen molar-refractivity contribution in [3.05, 3.63) is 17.8 Å². The van der Waals surface area contributed by atoms with Gasteiger partial charge in [-0.15, -0.1) is 0 Å². The molecule has 2 rings (SSSR count). The molecule has 1 aromatic heterocycles. The summed E-state index contributed by atoms with van der Waals surface area (Å²) in [6.45, 7) is 7.51. The second-order valence-corrected chi connectivity index (χ2v) is 5.11. The number of aryl methyl sites for hydroxylation is 1. The summed E-state index contributed by atoms with van der Waals surface area (Å²) in [5, 5.41) is 0. The van der Waals surface area contributed by atoms with Crippen molar-refractivity contribution in [2.45, 2.75) is 39.7 Å². The van der Waals surface area contributed by atoms with Gasteiger partial charge in [0.2, 0.25) is 0 Å². The van der Waals surface area contributed by atoms with Gasteiger partial charge < -0.3 is 10.6 Å². The van der Waals surface area contributed by atoms with Gasteiger partial charge >= 0.3 is 0 Å². The van der Waals surface area contributed by atoms with Gasteiger partial charge in [-0.1, -0.05) is 0 Å². The summed E-state index contributed by atoms with van der Waals surface area (Å²) >= 11 is 0. The van der Waals surface area contributed by atoms with Crippen LogP contribution in [0.15, 0.2) is 12.3 Å². The molecule has 0 aliphatic heterocycles. The number of anilines is 2. The first-order valence-corrected chi connectivity index (χ1v) is 6.06. The summed E-state index contributed by atoms with van der Waals surface area (Å²) in [7, 11) is 0. The van der Waals surface area contributed by atoms with E-state index in [0.29, 0.717) is 6.04 Å². The lowest BCUT2D eigenvalue weighted by Crippen LogP contribution is -2.34. The lowest BCUT2D eigenvalue weighted by Gasteiger charge is -2.29. The molecule has 1 aliphatic carbocycles. The molecule has 0 radical (unpaired) electrons. The van der Waals surface area contributed by atoms with Crippen LogP contribution in [0.5, 0.6) is 0 Å². The number of rotatable bonds is 4. The minimum absolute atomic E-state index is 0.457. The lowest BCUT2D eigenvalue weighted by molar-refractivity contribution is 0.637. The minimum Gasteiger partial charge on any atom is -0.396 e. The molecular weight excluding hydrogens is 198 g/mol. The van der Waals surface area contributed by atoms with E-state index in [4.69, 9.17) is 5.73 Å². The highest BCUT2D eigenvalue weighted by Gasteiger charge is 2.27. The fraction of sp³-hybridized carbons (Fsp3) is 0.615. The Bertz CT molecular complexity index is 369. The van der Waals surface area contributed by atoms with Crippen LogP contribution in [0.3, 0.4) is 0 Å². The maximum Gasteiger partial charge on any atom is 0.152 e. The topological polar surface area (TPSA) is 42.2 Å². The van der Waals surface area contributed by atoms with Crippen LogP contribution in [0.4, 0.5) is 11.5 Å². The Kier molecular flexibility index (Phi) is 3.03. The van der Waals surface area contributed by atoms with Gasteiger partial charge in [0.05, 0.1) is 5.69 Å². The number of nitrogens with two attached hydrogens (primary N) is 1. The summed E-state index contributed by atoms with van der Waals surface area (Å²) in [6.07, 6.45) is 4.61. The van der Waals surface area contributed by atoms with E-state index in [1.165, 1.54) is 12.8 Å². The molecule has 0 atom stereocenters. The molecule has 0 aromatic carbocycles. The van der Waals surface area contributed by atoms with Crippen LogP contribution >= 0.6 is 0 Å². The zero-order chi connectivity index (χ0) is 11.7. The smallest absolute Gasteiger partial charge is 0.152 e. The van der Waals surface area contributed by atoms with Crippen LogP contribution in [-0.2, 0) is 0 Å². The molecule has 16 heavy (non-hydrogen) atoms. The van der Waals surface area contributed by atoms with E-state index in [2.05, 4.69) is 23.7 Å². The number of nitrogens with zero attached hydrogens (tertiary/aromatic N) is 2. The summed E-state index contributed by atoms with van der Waals surface area (Å²) in [4.78, 5) is 6.81. The van der Waals surface area contributed by atoms with Gasteiger partial charge in [0.25, 0.3) is 0 Å². The van der Waals surface area contributed by atoms with Crippen LogP contribution in [0.1, 0.15) is 32.3 Å². The molecule has 0 saturated heterocycles. The zero-order valence-electron chi connectivity index (χ0n) is 10.4. The second-order valence-electron chi connectivity index (χ2n) is 5.11. The van der Waals surface area contributed by atoms with Crippen LogP contribution in [0.2, 0.25) is 0 Å². The Morgan fingerprint density at radius 2 is 2.19 bits per heavy atom. The highest BCUT2D eigenvalue weighted by atomic mass is 15.2. The Hall–Kier alpha value is -1.25. The molecule has 1 heterocycles. The molecule has 88 valence electrons. The Morgan fingerprint density at radius 3 is 2.69 bits per heavy atom. The molecule has 3 heteroatoms. The van der Waals surface area contributed by atoms with Gasteiger partial charge in [0, 0.05) is 18.8 Å². The quantitative estimate of drug-likeness (QED) is 0.846. The molecule has 1 aromatic rings. The van der Waals surface area contributed by atoms with Crippen molar-refractivity contribution in [1.29, 1.82) is 0 Å². The Morgan fingerprint density at radius 1 is 1.50 bits per heavy atom. The monoisotopic (exact) mass is 219 g/mol. The number of nitrogen functional groups attached to an aromatic ring is 1. The highest BCUT2D eigenvalue weighted by molar-refractivity contribution is 5.63. The Balaban J connectivity index is 2.22. The van der Waals surface area contributed by atoms with Crippen LogP contribution < -0.4 is 10.6 Å². The van der Waals surface area contributed by atoms with Crippen LogP contribution in [-0.4, -0.2) is 17.6 Å². The van der Waals surface area contributed by atoms with E-state index in [1.54, 1.807) is 0 Å². The summed E-state index contributed by atoms with van der Waals surface area (Å²) in [6, 6.07) is 2.46. The molecule has 0 unspecified atom stereocenters. The van der Waals surface area contributed by atoms with E-state index in [1.807, 2.05) is 19.2 Å². The average molecular weight is 219 g/mol. The zero-order valence-corrected chi connectivity index (χ0v) is 10.4. The van der Waals surface area contributed by atoms with Crippen LogP contribution in [0.25, 0.3) is 0 Å². The SMILES string of the molecule is Cc1cnc(N(CC2CC2)C(C)C)c(N)c1. The Labute approximate surface area is 97.7 Å². The van der Waals surface area contributed by atoms with E-state index in [9.17, 15) is 0 Å². The van der Waals surface area contributed by atoms with Crippen molar-refractivity contribution in [3.8, 4) is 0 Å². The maximum absolute atomic E-state index is 6.05. The second kappa shape index (κ2) is 4.32. The summed E-state index contributed by atoms with van der Waals surface area (Å²) < 4.78 is 0. The minimum atomic E-state index is 0.457. The largest absolute Gasteiger partial charge is 0.396 e. The third kappa shape index (κ3) is 2.46. The number of aromatic nitrogens is 1. The molecule has 0 bridgehead atoms. The fourth-order valence-corrected chi connectivity index (χ4v) is 1.95. The van der Waals surface area contributed by atoms with Crippen molar-refractivity contribution < 1.29 is 0 Å². The average Bonchev–Trinajstić information content (AvgIpc) is 2.98. The van der Waals surface area contributed by atoms with Gasteiger partial charge in [-0.25, -0.2) is 4.98 Å². The molecule has 0 spiro atoms. The van der Waals surface area contributed by atoms with E-state index >= 15 is 0 Å². The first-order chi connectivity index (χ1) is 7.58. The van der Waals surface area contributed by atoms with Gasteiger partial charge in [-0.2, -0.15) is 0 Å². The molecule has 3 nitrogen and oxygen atoms in total. The third-order valence-electron chi connectivity index (χ3n) is 3.08. The van der Waals surface area contributed by atoms with Crippen molar-refractivity contribution in [1.82, 2.24) is 4.98 Å². The number of pyridine rings is 1. The number of hydrogen-bond donors (Lipinski definition) is 1. The normalized spacial score (nSPS) is 15.5. The van der Waals surface area contributed by atoms with E-state index in [0.717, 1.165) is 29.5 Å². The lowest BCUT2D eigenvalue weighted by atomic mass is 10.2. The molecule has 1 fully saturated rings. The first kappa shape index (κ1) is 11.2. The highest BCUT2D eigenvalue weighted by Crippen LogP contribution is 2.33. The molecule has 1 aliphatic rings. The predicted octanol–water partition coefficient (Wildman–Crippen LogP) is 2.60. The molecule has 1 saturated carbocycles.